The summed E-state index contributed by atoms with van der Waals surface area (Å²) in [6.45, 7) is 2.68. The lowest BCUT2D eigenvalue weighted by Gasteiger charge is -2.28. The maximum absolute atomic E-state index is 14.0. The average molecular weight is 582 g/mol. The van der Waals surface area contributed by atoms with Crippen LogP contribution in [-0.2, 0) is 29.9 Å². The molecule has 0 bridgehead atoms. The highest BCUT2D eigenvalue weighted by molar-refractivity contribution is 6.09. The minimum atomic E-state index is -1.84. The number of ether oxygens (including phenoxy) is 1. The minimum absolute atomic E-state index is 0.0123. The van der Waals surface area contributed by atoms with Crippen LogP contribution in [0.3, 0.4) is 0 Å². The monoisotopic (exact) mass is 581 g/mol. The molecule has 0 aliphatic carbocycles. The van der Waals surface area contributed by atoms with Gasteiger partial charge in [-0.05, 0) is 54.4 Å². The third kappa shape index (κ3) is 6.35. The molecule has 0 saturated heterocycles. The van der Waals surface area contributed by atoms with E-state index >= 15 is 0 Å². The van der Waals surface area contributed by atoms with E-state index in [1.165, 1.54) is 0 Å². The molecule has 0 radical (unpaired) electrons. The highest BCUT2D eigenvalue weighted by atomic mass is 16.5. The van der Waals surface area contributed by atoms with E-state index in [0.29, 0.717) is 54.2 Å². The number of methoxy groups -OCH3 is 1. The predicted octanol–water partition coefficient (Wildman–Crippen LogP) is 4.09. The molecule has 3 N–H and O–H groups in total. The maximum Gasteiger partial charge on any atom is 0.264 e. The first-order valence-electron chi connectivity index (χ1n) is 14.2. The molecule has 1 aromatic heterocycles. The van der Waals surface area contributed by atoms with Crippen molar-refractivity contribution in [1.82, 2.24) is 15.0 Å². The van der Waals surface area contributed by atoms with Crippen LogP contribution in [0.4, 0.5) is 11.4 Å². The summed E-state index contributed by atoms with van der Waals surface area (Å²) in [5, 5.41) is 32.2. The summed E-state index contributed by atoms with van der Waals surface area (Å²) in [6.07, 6.45) is 6.60. The molecule has 0 saturated carbocycles. The number of hydrogen-bond acceptors (Lipinski definition) is 7. The first-order valence-corrected chi connectivity index (χ1v) is 14.2. The Morgan fingerprint density at radius 3 is 2.60 bits per heavy atom. The third-order valence-electron chi connectivity index (χ3n) is 7.63. The van der Waals surface area contributed by atoms with Crippen molar-refractivity contribution in [2.24, 2.45) is 5.92 Å². The number of anilines is 2. The SMILES string of the molecule is COc1ccc(C(=O)Nc2ccc3c(c2)[C@@](O)([C@H](C)/C=C/CCn2cc(CCO)nn2)C(=O)N3Cc2ccccc2)cc1. The van der Waals surface area contributed by atoms with Gasteiger partial charge in [-0.25, -0.2) is 0 Å². The fraction of sp³-hybridized carbons (Fsp3) is 0.273. The van der Waals surface area contributed by atoms with Gasteiger partial charge >= 0.3 is 0 Å². The van der Waals surface area contributed by atoms with Gasteiger partial charge in [-0.3, -0.25) is 14.3 Å². The Morgan fingerprint density at radius 1 is 1.12 bits per heavy atom. The van der Waals surface area contributed by atoms with Gasteiger partial charge in [0.15, 0.2) is 5.60 Å². The average Bonchev–Trinajstić information content (AvgIpc) is 3.56. The van der Waals surface area contributed by atoms with Crippen molar-refractivity contribution in [3.05, 3.63) is 114 Å². The number of carbonyl (C=O) groups is 2. The van der Waals surface area contributed by atoms with Crippen LogP contribution >= 0.6 is 0 Å². The Balaban J connectivity index is 1.39. The van der Waals surface area contributed by atoms with Gasteiger partial charge in [0.05, 0.1) is 25.0 Å². The van der Waals surface area contributed by atoms with Crippen LogP contribution < -0.4 is 15.0 Å². The number of allylic oxidation sites excluding steroid dienone is 1. The molecule has 5 rings (SSSR count). The van der Waals surface area contributed by atoms with E-state index < -0.39 is 17.4 Å². The smallest absolute Gasteiger partial charge is 0.264 e. The lowest BCUT2D eigenvalue weighted by Crippen LogP contribution is -2.44. The first kappa shape index (κ1) is 29.7. The Morgan fingerprint density at radius 2 is 1.88 bits per heavy atom. The molecule has 222 valence electrons. The van der Waals surface area contributed by atoms with E-state index in [9.17, 15) is 14.7 Å². The number of hydrogen-bond donors (Lipinski definition) is 3. The topological polar surface area (TPSA) is 130 Å². The van der Waals surface area contributed by atoms with Gasteiger partial charge in [-0.2, -0.15) is 0 Å². The molecule has 10 heteroatoms. The molecule has 0 unspecified atom stereocenters. The van der Waals surface area contributed by atoms with E-state index in [2.05, 4.69) is 15.6 Å². The predicted molar refractivity (Wildman–Crippen MR) is 163 cm³/mol. The highest BCUT2D eigenvalue weighted by Gasteiger charge is 2.52. The van der Waals surface area contributed by atoms with E-state index in [1.807, 2.05) is 49.4 Å². The number of amides is 2. The lowest BCUT2D eigenvalue weighted by molar-refractivity contribution is -0.139. The summed E-state index contributed by atoms with van der Waals surface area (Å²) in [5.74, 6) is -0.675. The summed E-state index contributed by atoms with van der Waals surface area (Å²) >= 11 is 0. The molecule has 2 atom stereocenters. The standard InChI is InChI=1S/C33H35N5O5/c1-23(8-6-7-18-37-22-27(17-19-39)35-36-37)33(42)29-20-26(34-31(40)25-11-14-28(43-2)15-12-25)13-16-30(29)38(32(33)41)21-24-9-4-3-5-10-24/h3-6,8-16,20,22-23,39,42H,7,17-19,21H2,1-2H3,(H,34,40)/b8-6+/t23-,33+/m1/s1. The number of fused-ring (bicyclic) bond motifs is 1. The van der Waals surface area contributed by atoms with E-state index in [1.54, 1.807) is 65.4 Å². The molecule has 1 aliphatic rings. The Labute approximate surface area is 250 Å². The summed E-state index contributed by atoms with van der Waals surface area (Å²) in [4.78, 5) is 28.5. The molecule has 3 aromatic carbocycles. The van der Waals surface area contributed by atoms with Crippen molar-refractivity contribution < 1.29 is 24.5 Å². The van der Waals surface area contributed by atoms with Gasteiger partial charge in [0.1, 0.15) is 5.75 Å². The number of aromatic nitrogens is 3. The molecule has 1 aliphatic heterocycles. The number of aliphatic hydroxyl groups is 2. The lowest BCUT2D eigenvalue weighted by atomic mass is 9.82. The van der Waals surface area contributed by atoms with Gasteiger partial charge in [-0.1, -0.05) is 54.6 Å². The number of nitrogens with one attached hydrogen (secondary N) is 1. The number of benzene rings is 3. The van der Waals surface area contributed by atoms with Crippen molar-refractivity contribution in [2.45, 2.75) is 38.5 Å². The second-order valence-electron chi connectivity index (χ2n) is 10.5. The van der Waals surface area contributed by atoms with E-state index in [4.69, 9.17) is 9.84 Å². The number of nitrogens with zero attached hydrogens (tertiary/aromatic N) is 4. The van der Waals surface area contributed by atoms with Gasteiger partial charge in [0, 0.05) is 48.5 Å². The molecular weight excluding hydrogens is 546 g/mol. The number of aryl methyl sites for hydroxylation is 1. The summed E-state index contributed by atoms with van der Waals surface area (Å²) in [7, 11) is 1.56. The molecule has 0 fully saturated rings. The van der Waals surface area contributed by atoms with Gasteiger partial charge in [-0.15, -0.1) is 5.10 Å². The molecule has 0 spiro atoms. The number of rotatable bonds is 12. The fourth-order valence-electron chi connectivity index (χ4n) is 5.22. The summed E-state index contributed by atoms with van der Waals surface area (Å²) in [5.41, 5.74) is 1.75. The molecule has 2 amide bonds. The van der Waals surface area contributed by atoms with Gasteiger partial charge in [0.25, 0.3) is 11.8 Å². The van der Waals surface area contributed by atoms with Crippen LogP contribution in [0, 0.1) is 5.92 Å². The first-order chi connectivity index (χ1) is 20.8. The van der Waals surface area contributed by atoms with Crippen LogP contribution in [0.25, 0.3) is 0 Å². The van der Waals surface area contributed by atoms with Crippen LogP contribution in [-0.4, -0.2) is 50.7 Å². The van der Waals surface area contributed by atoms with E-state index in [-0.39, 0.29) is 12.5 Å². The highest BCUT2D eigenvalue weighted by Crippen LogP contribution is 2.47. The number of carbonyl (C=O) groups excluding carboxylic acids is 2. The van der Waals surface area contributed by atoms with Crippen molar-refractivity contribution in [3.8, 4) is 5.75 Å². The molecular formula is C33H35N5O5. The van der Waals surface area contributed by atoms with Crippen molar-refractivity contribution >= 4 is 23.2 Å². The quantitative estimate of drug-likeness (QED) is 0.215. The van der Waals surface area contributed by atoms with Crippen LogP contribution in [0.5, 0.6) is 5.75 Å². The zero-order valence-corrected chi connectivity index (χ0v) is 24.2. The largest absolute Gasteiger partial charge is 0.497 e. The van der Waals surface area contributed by atoms with Crippen molar-refractivity contribution in [1.29, 1.82) is 0 Å². The summed E-state index contributed by atoms with van der Waals surface area (Å²) in [6, 6.07) is 21.6. The van der Waals surface area contributed by atoms with Gasteiger partial charge < -0.3 is 25.2 Å². The fourth-order valence-corrected chi connectivity index (χ4v) is 5.22. The maximum atomic E-state index is 14.0. The molecule has 4 aromatic rings. The van der Waals surface area contributed by atoms with Crippen LogP contribution in [0.1, 0.15) is 40.5 Å². The third-order valence-corrected chi connectivity index (χ3v) is 7.63. The Hall–Kier alpha value is -4.80. The zero-order chi connectivity index (χ0) is 30.4. The second-order valence-corrected chi connectivity index (χ2v) is 10.5. The molecule has 10 nitrogen and oxygen atoms in total. The molecule has 2 heterocycles. The van der Waals surface area contributed by atoms with E-state index in [0.717, 1.165) is 11.3 Å². The van der Waals surface area contributed by atoms with Gasteiger partial charge in [0.2, 0.25) is 0 Å². The van der Waals surface area contributed by atoms with Crippen LogP contribution in [0.2, 0.25) is 0 Å². The number of aliphatic hydroxyl groups excluding tert-OH is 1. The molecule has 43 heavy (non-hydrogen) atoms. The Kier molecular flexibility index (Phi) is 8.98. The summed E-state index contributed by atoms with van der Waals surface area (Å²) < 4.78 is 6.87. The normalized spacial score (nSPS) is 16.8. The van der Waals surface area contributed by atoms with Crippen molar-refractivity contribution in [3.63, 3.8) is 0 Å². The minimum Gasteiger partial charge on any atom is -0.497 e. The Bertz CT molecular complexity index is 1600. The van der Waals surface area contributed by atoms with Crippen molar-refractivity contribution in [2.75, 3.05) is 23.9 Å². The van der Waals surface area contributed by atoms with Crippen LogP contribution in [0.15, 0.2) is 91.1 Å². The zero-order valence-electron chi connectivity index (χ0n) is 24.2. The second kappa shape index (κ2) is 13.0.